The van der Waals surface area contributed by atoms with Crippen LogP contribution in [0, 0.1) is 11.3 Å². The van der Waals surface area contributed by atoms with Crippen LogP contribution < -0.4 is 5.32 Å². The van der Waals surface area contributed by atoms with Gasteiger partial charge in [-0.15, -0.1) is 0 Å². The van der Waals surface area contributed by atoms with Gasteiger partial charge in [0.05, 0.1) is 11.6 Å². The van der Waals surface area contributed by atoms with Gasteiger partial charge in [0.2, 0.25) is 0 Å². The maximum absolute atomic E-state index is 11.8. The highest BCUT2D eigenvalue weighted by molar-refractivity contribution is 5.98. The van der Waals surface area contributed by atoms with Gasteiger partial charge in [0, 0.05) is 17.3 Å². The van der Waals surface area contributed by atoms with E-state index in [2.05, 4.69) is 5.32 Å². The first kappa shape index (κ1) is 18.6. The van der Waals surface area contributed by atoms with Crippen LogP contribution in [0.15, 0.2) is 54.6 Å². The lowest BCUT2D eigenvalue weighted by Gasteiger charge is -2.06. The van der Waals surface area contributed by atoms with Crippen LogP contribution in [0.5, 0.6) is 0 Å². The second kappa shape index (κ2) is 8.94. The Balaban J connectivity index is 1.83. The van der Waals surface area contributed by atoms with Crippen molar-refractivity contribution in [3.8, 4) is 6.07 Å². The summed E-state index contributed by atoms with van der Waals surface area (Å²) in [5.74, 6) is -1.28. The molecule has 0 aliphatic rings. The molecule has 2 rings (SSSR count). The van der Waals surface area contributed by atoms with Crippen LogP contribution in [-0.2, 0) is 14.3 Å². The predicted octanol–water partition coefficient (Wildman–Crippen LogP) is 2.96. The van der Waals surface area contributed by atoms with E-state index in [0.717, 1.165) is 5.56 Å². The lowest BCUT2D eigenvalue weighted by Crippen LogP contribution is -2.20. The predicted molar refractivity (Wildman–Crippen MR) is 96.2 cm³/mol. The molecular weight excluding hydrogens is 332 g/mol. The summed E-state index contributed by atoms with van der Waals surface area (Å²) in [4.78, 5) is 34.8. The number of nitrogens with zero attached hydrogens (tertiary/aromatic N) is 1. The van der Waals surface area contributed by atoms with Crippen LogP contribution in [-0.4, -0.2) is 24.3 Å². The van der Waals surface area contributed by atoms with E-state index in [9.17, 15) is 14.4 Å². The molecule has 0 bridgehead atoms. The highest BCUT2D eigenvalue weighted by Gasteiger charge is 2.07. The van der Waals surface area contributed by atoms with E-state index < -0.39 is 18.5 Å². The molecule has 0 spiro atoms. The molecule has 1 amide bonds. The monoisotopic (exact) mass is 348 g/mol. The average molecular weight is 348 g/mol. The molecule has 0 radical (unpaired) electrons. The van der Waals surface area contributed by atoms with Crippen molar-refractivity contribution in [3.05, 3.63) is 71.3 Å². The van der Waals surface area contributed by atoms with Crippen molar-refractivity contribution < 1.29 is 19.1 Å². The Labute approximate surface area is 150 Å². The van der Waals surface area contributed by atoms with Crippen LogP contribution in [0.25, 0.3) is 6.08 Å². The smallest absolute Gasteiger partial charge is 0.331 e. The molecule has 0 heterocycles. The number of Topliss-reactive ketones (excluding diaryl/α,β-unsaturated/α-hetero) is 1. The molecule has 1 N–H and O–H groups in total. The SMILES string of the molecule is CC(=O)c1cccc(NC(=O)COC(=O)/C=C/c2ccc(C#N)cc2)c1. The molecule has 0 saturated carbocycles. The molecule has 6 nitrogen and oxygen atoms in total. The zero-order valence-corrected chi connectivity index (χ0v) is 14.1. The molecule has 6 heteroatoms. The third-order valence-corrected chi connectivity index (χ3v) is 3.35. The van der Waals surface area contributed by atoms with E-state index in [1.807, 2.05) is 6.07 Å². The molecule has 0 fully saturated rings. The fraction of sp³-hybridized carbons (Fsp3) is 0.100. The average Bonchev–Trinajstić information content (AvgIpc) is 2.65. The van der Waals surface area contributed by atoms with Crippen molar-refractivity contribution in [2.24, 2.45) is 0 Å². The standard InChI is InChI=1S/C20H16N2O4/c1-14(23)17-3-2-4-18(11-17)22-19(24)13-26-20(25)10-9-15-5-7-16(12-21)8-6-15/h2-11H,13H2,1H3,(H,22,24)/b10-9+. The first-order valence-corrected chi connectivity index (χ1v) is 7.74. The van der Waals surface area contributed by atoms with Crippen LogP contribution in [0.2, 0.25) is 0 Å². The number of anilines is 1. The Morgan fingerprint density at radius 1 is 1.15 bits per heavy atom. The maximum atomic E-state index is 11.8. The first-order valence-electron chi connectivity index (χ1n) is 7.74. The van der Waals surface area contributed by atoms with Crippen LogP contribution in [0.3, 0.4) is 0 Å². The Bertz CT molecular complexity index is 893. The largest absolute Gasteiger partial charge is 0.452 e. The van der Waals surface area contributed by atoms with Gasteiger partial charge in [-0.1, -0.05) is 24.3 Å². The second-order valence-corrected chi connectivity index (χ2v) is 5.36. The number of carbonyl (C=O) groups is 3. The first-order chi connectivity index (χ1) is 12.5. The number of amides is 1. The van der Waals surface area contributed by atoms with Gasteiger partial charge in [-0.3, -0.25) is 9.59 Å². The molecule has 0 aromatic heterocycles. The minimum atomic E-state index is -0.665. The summed E-state index contributed by atoms with van der Waals surface area (Å²) in [6, 6.07) is 15.1. The van der Waals surface area contributed by atoms with Crippen molar-refractivity contribution in [2.45, 2.75) is 6.92 Å². The maximum Gasteiger partial charge on any atom is 0.331 e. The minimum Gasteiger partial charge on any atom is -0.452 e. The highest BCUT2D eigenvalue weighted by Crippen LogP contribution is 2.11. The Morgan fingerprint density at radius 2 is 1.88 bits per heavy atom. The fourth-order valence-corrected chi connectivity index (χ4v) is 2.03. The van der Waals surface area contributed by atoms with E-state index >= 15 is 0 Å². The normalized spacial score (nSPS) is 10.2. The summed E-state index contributed by atoms with van der Waals surface area (Å²) in [5.41, 5.74) is 2.18. The summed E-state index contributed by atoms with van der Waals surface area (Å²) in [7, 11) is 0. The molecule has 2 aromatic carbocycles. The van der Waals surface area contributed by atoms with Gasteiger partial charge >= 0.3 is 5.97 Å². The number of carbonyl (C=O) groups excluding carboxylic acids is 3. The molecule has 0 saturated heterocycles. The van der Waals surface area contributed by atoms with Gasteiger partial charge < -0.3 is 10.1 Å². The summed E-state index contributed by atoms with van der Waals surface area (Å²) >= 11 is 0. The van der Waals surface area contributed by atoms with Crippen molar-refractivity contribution >= 4 is 29.4 Å². The summed E-state index contributed by atoms with van der Waals surface area (Å²) in [6.45, 7) is 0.990. The molecule has 26 heavy (non-hydrogen) atoms. The van der Waals surface area contributed by atoms with E-state index in [1.165, 1.54) is 19.1 Å². The van der Waals surface area contributed by atoms with Crippen LogP contribution in [0.1, 0.15) is 28.4 Å². The molecule has 0 aliphatic carbocycles. The molecule has 0 atom stereocenters. The second-order valence-electron chi connectivity index (χ2n) is 5.36. The van der Waals surface area contributed by atoms with Gasteiger partial charge in [0.15, 0.2) is 12.4 Å². The van der Waals surface area contributed by atoms with E-state index in [0.29, 0.717) is 16.8 Å². The zero-order valence-electron chi connectivity index (χ0n) is 14.1. The number of esters is 1. The van der Waals surface area contributed by atoms with Crippen molar-refractivity contribution in [3.63, 3.8) is 0 Å². The molecule has 0 unspecified atom stereocenters. The molecule has 0 aliphatic heterocycles. The number of rotatable bonds is 6. The number of nitrogens with one attached hydrogen (secondary N) is 1. The molecule has 2 aromatic rings. The van der Waals surface area contributed by atoms with Crippen molar-refractivity contribution in [1.29, 1.82) is 5.26 Å². The Kier molecular flexibility index (Phi) is 6.40. The number of nitriles is 1. The van der Waals surface area contributed by atoms with Gasteiger partial charge in [0.25, 0.3) is 5.91 Å². The van der Waals surface area contributed by atoms with Crippen molar-refractivity contribution in [2.75, 3.05) is 11.9 Å². The van der Waals surface area contributed by atoms with E-state index in [4.69, 9.17) is 10.00 Å². The van der Waals surface area contributed by atoms with Gasteiger partial charge in [-0.05, 0) is 42.8 Å². The van der Waals surface area contributed by atoms with Gasteiger partial charge in [-0.2, -0.15) is 5.26 Å². The van der Waals surface area contributed by atoms with Gasteiger partial charge in [-0.25, -0.2) is 4.79 Å². The number of ether oxygens (including phenoxy) is 1. The Morgan fingerprint density at radius 3 is 2.54 bits per heavy atom. The summed E-state index contributed by atoms with van der Waals surface area (Å²) in [6.07, 6.45) is 2.72. The topological polar surface area (TPSA) is 96.3 Å². The third kappa shape index (κ3) is 5.73. The lowest BCUT2D eigenvalue weighted by molar-refractivity contribution is -0.142. The third-order valence-electron chi connectivity index (χ3n) is 3.35. The number of hydrogen-bond acceptors (Lipinski definition) is 5. The zero-order chi connectivity index (χ0) is 18.9. The Hall–Kier alpha value is -3.72. The van der Waals surface area contributed by atoms with Crippen LogP contribution >= 0.6 is 0 Å². The van der Waals surface area contributed by atoms with Gasteiger partial charge in [0.1, 0.15) is 0 Å². The summed E-state index contributed by atoms with van der Waals surface area (Å²) < 4.78 is 4.86. The van der Waals surface area contributed by atoms with E-state index in [-0.39, 0.29) is 5.78 Å². The van der Waals surface area contributed by atoms with Crippen LogP contribution in [0.4, 0.5) is 5.69 Å². The highest BCUT2D eigenvalue weighted by atomic mass is 16.5. The fourth-order valence-electron chi connectivity index (χ4n) is 2.03. The molecular formula is C20H16N2O4. The van der Waals surface area contributed by atoms with E-state index in [1.54, 1.807) is 48.5 Å². The number of benzene rings is 2. The summed E-state index contributed by atoms with van der Waals surface area (Å²) in [5, 5.41) is 11.3. The number of ketones is 1. The quantitative estimate of drug-likeness (QED) is 0.492. The number of hydrogen-bond donors (Lipinski definition) is 1. The molecule has 130 valence electrons. The van der Waals surface area contributed by atoms with Crippen molar-refractivity contribution in [1.82, 2.24) is 0 Å². The minimum absolute atomic E-state index is 0.111. The lowest BCUT2D eigenvalue weighted by atomic mass is 10.1.